The van der Waals surface area contributed by atoms with Crippen molar-refractivity contribution < 1.29 is 0 Å². The number of hydrogen-bond acceptors (Lipinski definition) is 5. The molecular formula is C13H19ClN6. The van der Waals surface area contributed by atoms with Crippen LogP contribution >= 0.6 is 11.6 Å². The van der Waals surface area contributed by atoms with Gasteiger partial charge in [-0.2, -0.15) is 19.6 Å². The molecular weight excluding hydrogens is 276 g/mol. The molecule has 0 aliphatic carbocycles. The number of hydrogen-bond donors (Lipinski definition) is 0. The Balaban J connectivity index is 2.05. The van der Waals surface area contributed by atoms with Gasteiger partial charge in [0.15, 0.2) is 0 Å². The number of anilines is 1. The zero-order valence-corrected chi connectivity index (χ0v) is 12.6. The van der Waals surface area contributed by atoms with E-state index in [1.807, 2.05) is 6.07 Å². The van der Waals surface area contributed by atoms with Crippen LogP contribution in [0.3, 0.4) is 0 Å². The molecule has 0 saturated carbocycles. The number of nitrogens with zero attached hydrogens (tertiary/aromatic N) is 6. The Kier molecular flexibility index (Phi) is 3.76. The average molecular weight is 295 g/mol. The van der Waals surface area contributed by atoms with Crippen molar-refractivity contribution in [3.8, 4) is 0 Å². The van der Waals surface area contributed by atoms with Crippen molar-refractivity contribution in [2.24, 2.45) is 0 Å². The molecule has 0 bridgehead atoms. The van der Waals surface area contributed by atoms with Gasteiger partial charge in [-0.25, -0.2) is 0 Å². The van der Waals surface area contributed by atoms with Gasteiger partial charge in [0.2, 0.25) is 0 Å². The first-order valence-electron chi connectivity index (χ1n) is 7.00. The molecule has 2 aromatic heterocycles. The van der Waals surface area contributed by atoms with Crippen LogP contribution in [0.2, 0.25) is 5.15 Å². The van der Waals surface area contributed by atoms with E-state index in [4.69, 9.17) is 11.6 Å². The zero-order chi connectivity index (χ0) is 14.1. The van der Waals surface area contributed by atoms with Crippen LogP contribution in [0, 0.1) is 0 Å². The lowest BCUT2D eigenvalue weighted by molar-refractivity contribution is 0.327. The number of fused-ring (bicyclic) bond motifs is 1. The second kappa shape index (κ2) is 5.54. The van der Waals surface area contributed by atoms with E-state index in [0.29, 0.717) is 17.0 Å². The summed E-state index contributed by atoms with van der Waals surface area (Å²) in [5, 5.41) is 4.75. The van der Waals surface area contributed by atoms with Crippen molar-refractivity contribution in [1.82, 2.24) is 24.5 Å². The monoisotopic (exact) mass is 294 g/mol. The first-order valence-corrected chi connectivity index (χ1v) is 7.38. The highest BCUT2D eigenvalue weighted by Crippen LogP contribution is 2.24. The zero-order valence-electron chi connectivity index (χ0n) is 11.8. The number of rotatable bonds is 2. The molecule has 1 fully saturated rings. The van der Waals surface area contributed by atoms with Gasteiger partial charge in [-0.05, 0) is 26.4 Å². The SMILES string of the molecule is CCC1CN(C)CCCN1c1cc(Cl)nc2ncnn12. The molecule has 0 aromatic carbocycles. The van der Waals surface area contributed by atoms with Crippen LogP contribution < -0.4 is 4.90 Å². The van der Waals surface area contributed by atoms with Gasteiger partial charge in [0, 0.05) is 25.2 Å². The average Bonchev–Trinajstić information content (AvgIpc) is 2.80. The first-order chi connectivity index (χ1) is 9.69. The second-order valence-electron chi connectivity index (χ2n) is 5.28. The first kappa shape index (κ1) is 13.6. The van der Waals surface area contributed by atoms with Crippen molar-refractivity contribution in [3.05, 3.63) is 17.5 Å². The summed E-state index contributed by atoms with van der Waals surface area (Å²) in [7, 11) is 2.18. The number of likely N-dealkylation sites (N-methyl/N-ethyl adjacent to an activating group) is 1. The van der Waals surface area contributed by atoms with E-state index in [-0.39, 0.29) is 0 Å². The molecule has 1 aliphatic heterocycles. The molecule has 7 heteroatoms. The molecule has 6 nitrogen and oxygen atoms in total. The molecule has 3 heterocycles. The van der Waals surface area contributed by atoms with Crippen molar-refractivity contribution in [1.29, 1.82) is 0 Å². The normalized spacial score (nSPS) is 21.4. The van der Waals surface area contributed by atoms with E-state index in [9.17, 15) is 0 Å². The molecule has 0 radical (unpaired) electrons. The lowest BCUT2D eigenvalue weighted by Crippen LogP contribution is -2.40. The molecule has 0 spiro atoms. The van der Waals surface area contributed by atoms with E-state index >= 15 is 0 Å². The highest BCUT2D eigenvalue weighted by atomic mass is 35.5. The van der Waals surface area contributed by atoms with Crippen molar-refractivity contribution >= 4 is 23.2 Å². The molecule has 20 heavy (non-hydrogen) atoms. The molecule has 3 rings (SSSR count). The van der Waals surface area contributed by atoms with Crippen LogP contribution in [0.4, 0.5) is 5.82 Å². The fraction of sp³-hybridized carbons (Fsp3) is 0.615. The smallest absolute Gasteiger partial charge is 0.255 e. The van der Waals surface area contributed by atoms with Gasteiger partial charge in [0.25, 0.3) is 5.78 Å². The predicted molar refractivity (Wildman–Crippen MR) is 79.3 cm³/mol. The summed E-state index contributed by atoms with van der Waals surface area (Å²) in [5.74, 6) is 1.54. The Labute approximate surface area is 123 Å². The van der Waals surface area contributed by atoms with E-state index in [1.54, 1.807) is 4.52 Å². The summed E-state index contributed by atoms with van der Waals surface area (Å²) in [4.78, 5) is 13.1. The molecule has 1 saturated heterocycles. The van der Waals surface area contributed by atoms with E-state index < -0.39 is 0 Å². The molecule has 1 atom stereocenters. The third-order valence-electron chi connectivity index (χ3n) is 3.87. The summed E-state index contributed by atoms with van der Waals surface area (Å²) in [6.45, 7) is 5.38. The molecule has 1 aliphatic rings. The van der Waals surface area contributed by atoms with Gasteiger partial charge in [-0.15, -0.1) is 0 Å². The van der Waals surface area contributed by atoms with Crippen molar-refractivity contribution in [2.75, 3.05) is 31.6 Å². The fourth-order valence-corrected chi connectivity index (χ4v) is 3.04. The van der Waals surface area contributed by atoms with Crippen LogP contribution in [0.5, 0.6) is 0 Å². The number of halogens is 1. The lowest BCUT2D eigenvalue weighted by atomic mass is 10.2. The Morgan fingerprint density at radius 3 is 3.05 bits per heavy atom. The predicted octanol–water partition coefficient (Wildman–Crippen LogP) is 1.70. The molecule has 0 amide bonds. The van der Waals surface area contributed by atoms with Gasteiger partial charge in [-0.3, -0.25) is 0 Å². The summed E-state index contributed by atoms with van der Waals surface area (Å²) >= 11 is 6.13. The maximum atomic E-state index is 6.13. The maximum Gasteiger partial charge on any atom is 0.255 e. The summed E-state index contributed by atoms with van der Waals surface area (Å²) in [5.41, 5.74) is 0. The Bertz CT molecular complexity index is 598. The van der Waals surface area contributed by atoms with Gasteiger partial charge in [-0.1, -0.05) is 18.5 Å². The second-order valence-corrected chi connectivity index (χ2v) is 5.67. The van der Waals surface area contributed by atoms with Crippen LogP contribution in [0.25, 0.3) is 5.78 Å². The highest BCUT2D eigenvalue weighted by molar-refractivity contribution is 6.29. The van der Waals surface area contributed by atoms with Crippen molar-refractivity contribution in [3.63, 3.8) is 0 Å². The largest absolute Gasteiger partial charge is 0.352 e. The summed E-state index contributed by atoms with van der Waals surface area (Å²) < 4.78 is 1.78. The standard InChI is InChI=1S/C13H19ClN6/c1-3-10-8-18(2)5-4-6-19(10)12-7-11(14)17-13-15-9-16-20(12)13/h7,9-10H,3-6,8H2,1-2H3. The molecule has 2 aromatic rings. The summed E-state index contributed by atoms with van der Waals surface area (Å²) in [6.07, 6.45) is 3.73. The fourth-order valence-electron chi connectivity index (χ4n) is 2.87. The highest BCUT2D eigenvalue weighted by Gasteiger charge is 2.25. The van der Waals surface area contributed by atoms with Crippen molar-refractivity contribution in [2.45, 2.75) is 25.8 Å². The molecule has 0 N–H and O–H groups in total. The lowest BCUT2D eigenvalue weighted by Gasteiger charge is -2.32. The molecule has 108 valence electrons. The van der Waals surface area contributed by atoms with Gasteiger partial charge in [0.05, 0.1) is 0 Å². The van der Waals surface area contributed by atoms with Gasteiger partial charge in [0.1, 0.15) is 17.3 Å². The van der Waals surface area contributed by atoms with Crippen LogP contribution in [0.1, 0.15) is 19.8 Å². The molecule has 1 unspecified atom stereocenters. The Morgan fingerprint density at radius 2 is 2.25 bits per heavy atom. The third-order valence-corrected chi connectivity index (χ3v) is 4.06. The van der Waals surface area contributed by atoms with E-state index in [1.165, 1.54) is 6.33 Å². The topological polar surface area (TPSA) is 49.6 Å². The quantitative estimate of drug-likeness (QED) is 0.789. The van der Waals surface area contributed by atoms with Crippen LogP contribution in [-0.2, 0) is 0 Å². The Hall–Kier alpha value is -1.40. The van der Waals surface area contributed by atoms with Gasteiger partial charge >= 0.3 is 0 Å². The van der Waals surface area contributed by atoms with Crippen LogP contribution in [-0.4, -0.2) is 57.2 Å². The Morgan fingerprint density at radius 1 is 1.40 bits per heavy atom. The van der Waals surface area contributed by atoms with E-state index in [2.05, 4.69) is 38.8 Å². The third kappa shape index (κ3) is 2.45. The van der Waals surface area contributed by atoms with Crippen LogP contribution in [0.15, 0.2) is 12.4 Å². The van der Waals surface area contributed by atoms with E-state index in [0.717, 1.165) is 38.3 Å². The minimum Gasteiger partial charge on any atom is -0.352 e. The minimum atomic E-state index is 0.452. The van der Waals surface area contributed by atoms with Gasteiger partial charge < -0.3 is 9.80 Å². The number of aromatic nitrogens is 4. The minimum absolute atomic E-state index is 0.452. The summed E-state index contributed by atoms with van der Waals surface area (Å²) in [6, 6.07) is 2.34. The maximum absolute atomic E-state index is 6.13.